The molecule has 3 aliphatic carbocycles. The van der Waals surface area contributed by atoms with Crippen LogP contribution in [0.15, 0.2) is 30.3 Å². The van der Waals surface area contributed by atoms with E-state index in [9.17, 15) is 10.2 Å². The quantitative estimate of drug-likeness (QED) is 0.499. The second kappa shape index (κ2) is 5.93. The van der Waals surface area contributed by atoms with Gasteiger partial charge in [0.2, 0.25) is 0 Å². The summed E-state index contributed by atoms with van der Waals surface area (Å²) < 4.78 is 6.63. The minimum Gasteiger partial charge on any atom is -0.504 e. The zero-order valence-electron chi connectivity index (χ0n) is 18.6. The van der Waals surface area contributed by atoms with Gasteiger partial charge in [-0.1, -0.05) is 12.1 Å². The second-order valence-electron chi connectivity index (χ2n) is 11.0. The number of aromatic nitrogens is 1. The number of piperidine rings is 1. The molecule has 2 bridgehead atoms. The zero-order chi connectivity index (χ0) is 22.1. The molecule has 170 valence electrons. The molecule has 4 atom stereocenters. The Labute approximate surface area is 192 Å². The Morgan fingerprint density at radius 3 is 2.91 bits per heavy atom. The van der Waals surface area contributed by atoms with Crippen molar-refractivity contribution in [3.63, 3.8) is 0 Å². The molecular weight excluding hydrogens is 414 g/mol. The van der Waals surface area contributed by atoms with Crippen molar-refractivity contribution >= 4 is 10.9 Å². The first-order valence-electron chi connectivity index (χ1n) is 12.4. The number of rotatable bonds is 3. The summed E-state index contributed by atoms with van der Waals surface area (Å²) in [6, 6.07) is 10.2. The van der Waals surface area contributed by atoms with E-state index in [2.05, 4.69) is 34.1 Å². The number of nitrogens with two attached hydrogens (primary N) is 1. The van der Waals surface area contributed by atoms with Crippen molar-refractivity contribution in [2.24, 2.45) is 11.7 Å². The number of phenols is 1. The van der Waals surface area contributed by atoms with Gasteiger partial charge in [0.05, 0.1) is 16.7 Å². The van der Waals surface area contributed by atoms with Crippen molar-refractivity contribution in [3.8, 4) is 11.5 Å². The normalized spacial score (nSPS) is 33.6. The molecule has 2 aliphatic heterocycles. The molecule has 1 saturated heterocycles. The molecule has 2 fully saturated rings. The maximum atomic E-state index is 12.8. The van der Waals surface area contributed by atoms with Crippen LogP contribution in [-0.4, -0.2) is 44.8 Å². The van der Waals surface area contributed by atoms with E-state index in [0.717, 1.165) is 65.1 Å². The Morgan fingerprint density at radius 2 is 2.09 bits per heavy atom. The molecule has 1 saturated carbocycles. The van der Waals surface area contributed by atoms with Crippen molar-refractivity contribution in [1.82, 2.24) is 9.88 Å². The lowest BCUT2D eigenvalue weighted by Gasteiger charge is -2.62. The number of aromatic amines is 1. The van der Waals surface area contributed by atoms with Gasteiger partial charge in [-0.15, -0.1) is 0 Å². The molecular formula is C27H29N3O3. The van der Waals surface area contributed by atoms with Crippen LogP contribution in [0.25, 0.3) is 10.9 Å². The predicted octanol–water partition coefficient (Wildman–Crippen LogP) is 3.03. The van der Waals surface area contributed by atoms with Gasteiger partial charge in [0.1, 0.15) is 0 Å². The summed E-state index contributed by atoms with van der Waals surface area (Å²) in [5, 5.41) is 24.7. The van der Waals surface area contributed by atoms with Crippen molar-refractivity contribution in [3.05, 3.63) is 58.3 Å². The lowest BCUT2D eigenvalue weighted by atomic mass is 9.49. The minimum absolute atomic E-state index is 0.0525. The van der Waals surface area contributed by atoms with Crippen LogP contribution in [0.1, 0.15) is 53.3 Å². The summed E-state index contributed by atoms with van der Waals surface area (Å²) in [7, 11) is 0. The van der Waals surface area contributed by atoms with Crippen molar-refractivity contribution in [2.45, 2.75) is 61.8 Å². The summed E-state index contributed by atoms with van der Waals surface area (Å²) in [6.45, 7) is 2.53. The number of aromatic hydroxyl groups is 1. The van der Waals surface area contributed by atoms with Crippen LogP contribution in [0.5, 0.6) is 11.5 Å². The molecule has 33 heavy (non-hydrogen) atoms. The van der Waals surface area contributed by atoms with Gasteiger partial charge in [-0.25, -0.2) is 0 Å². The fourth-order valence-corrected chi connectivity index (χ4v) is 7.80. The van der Waals surface area contributed by atoms with Crippen LogP contribution in [-0.2, 0) is 24.8 Å². The van der Waals surface area contributed by atoms with Crippen molar-refractivity contribution in [2.75, 3.05) is 13.1 Å². The first-order valence-corrected chi connectivity index (χ1v) is 12.4. The number of likely N-dealkylation sites (tertiary alicyclic amines) is 1. The minimum atomic E-state index is -0.947. The number of fused-ring (bicyclic) bond motifs is 4. The van der Waals surface area contributed by atoms with E-state index < -0.39 is 11.0 Å². The monoisotopic (exact) mass is 443 g/mol. The van der Waals surface area contributed by atoms with Crippen LogP contribution >= 0.6 is 0 Å². The number of phenolic OH excluding ortho intramolecular Hbond substituents is 1. The summed E-state index contributed by atoms with van der Waals surface area (Å²) in [5.41, 5.74) is 11.1. The average Bonchev–Trinajstić information content (AvgIpc) is 3.45. The van der Waals surface area contributed by atoms with Crippen molar-refractivity contribution < 1.29 is 14.9 Å². The molecule has 0 radical (unpaired) electrons. The number of hydrogen-bond acceptors (Lipinski definition) is 5. The molecule has 0 unspecified atom stereocenters. The summed E-state index contributed by atoms with van der Waals surface area (Å²) in [6.07, 6.45) is 4.52. The smallest absolute Gasteiger partial charge is 0.166 e. The number of hydrogen-bond donors (Lipinski definition) is 4. The third-order valence-corrected chi connectivity index (χ3v) is 9.46. The van der Waals surface area contributed by atoms with E-state index in [4.69, 9.17) is 10.5 Å². The van der Waals surface area contributed by atoms with Gasteiger partial charge in [-0.2, -0.15) is 0 Å². The first kappa shape index (κ1) is 18.8. The summed E-state index contributed by atoms with van der Waals surface area (Å²) in [4.78, 5) is 6.22. The Morgan fingerprint density at radius 1 is 1.21 bits per heavy atom. The molecule has 2 aromatic carbocycles. The Bertz CT molecular complexity index is 1340. The standard InChI is InChI=1S/C27H29N3O3/c28-12-15-3-5-19-17(9-15)18-11-27(32)21-10-16-4-6-20(31)24-22(16)26(27,25(33-24)23(18)29-19)7-8-30(21)13-14-1-2-14/h3-6,9,14,21,25,29,31-32H,1-2,7-8,10-13,28H2/t21-,25+,26+,27-/m1/s1. The highest BCUT2D eigenvalue weighted by Gasteiger charge is 2.72. The van der Waals surface area contributed by atoms with E-state index in [-0.39, 0.29) is 17.9 Å². The molecule has 6 nitrogen and oxygen atoms in total. The van der Waals surface area contributed by atoms with Crippen LogP contribution in [0, 0.1) is 5.92 Å². The Hall–Kier alpha value is -2.54. The second-order valence-corrected chi connectivity index (χ2v) is 11.0. The largest absolute Gasteiger partial charge is 0.504 e. The van der Waals surface area contributed by atoms with Crippen LogP contribution in [0.4, 0.5) is 0 Å². The van der Waals surface area contributed by atoms with Crippen LogP contribution in [0.3, 0.4) is 0 Å². The third kappa shape index (κ3) is 2.12. The van der Waals surface area contributed by atoms with E-state index in [0.29, 0.717) is 18.7 Å². The van der Waals surface area contributed by atoms with Gasteiger partial charge in [0, 0.05) is 42.0 Å². The zero-order valence-corrected chi connectivity index (χ0v) is 18.6. The van der Waals surface area contributed by atoms with Crippen LogP contribution in [0.2, 0.25) is 0 Å². The fourth-order valence-electron chi connectivity index (χ4n) is 7.80. The molecule has 3 aromatic rings. The topological polar surface area (TPSA) is 94.7 Å². The molecule has 3 heterocycles. The SMILES string of the molecule is NCc1ccc2[nH]c3c(c2c1)C[C@@]1(O)[C@H]2Cc4ccc(O)c5c4[C@@]1(CCN2CC1CC1)[C@H]3O5. The highest BCUT2D eigenvalue weighted by atomic mass is 16.5. The molecule has 5 N–H and O–H groups in total. The maximum absolute atomic E-state index is 12.8. The third-order valence-electron chi connectivity index (χ3n) is 9.46. The number of ether oxygens (including phenoxy) is 1. The molecule has 0 amide bonds. The van der Waals surface area contributed by atoms with E-state index in [1.165, 1.54) is 18.4 Å². The maximum Gasteiger partial charge on any atom is 0.166 e. The van der Waals surface area contributed by atoms with Gasteiger partial charge >= 0.3 is 0 Å². The first-order chi connectivity index (χ1) is 16.0. The number of benzene rings is 2. The van der Waals surface area contributed by atoms with Gasteiger partial charge in [-0.05, 0) is 73.0 Å². The molecule has 1 aromatic heterocycles. The molecule has 8 rings (SSSR count). The number of H-pyrrole nitrogens is 1. The fraction of sp³-hybridized carbons (Fsp3) is 0.481. The molecule has 5 aliphatic rings. The predicted molar refractivity (Wildman–Crippen MR) is 124 cm³/mol. The summed E-state index contributed by atoms with van der Waals surface area (Å²) in [5.74, 6) is 1.54. The highest BCUT2D eigenvalue weighted by molar-refractivity contribution is 5.87. The van der Waals surface area contributed by atoms with E-state index in [1.807, 2.05) is 0 Å². The van der Waals surface area contributed by atoms with E-state index in [1.54, 1.807) is 6.07 Å². The highest BCUT2D eigenvalue weighted by Crippen LogP contribution is 2.69. The van der Waals surface area contributed by atoms with Crippen LogP contribution < -0.4 is 10.5 Å². The Balaban J connectivity index is 1.40. The average molecular weight is 444 g/mol. The van der Waals surface area contributed by atoms with Gasteiger partial charge in [0.15, 0.2) is 17.6 Å². The molecule has 6 heteroatoms. The lowest BCUT2D eigenvalue weighted by molar-refractivity contribution is -0.173. The van der Waals surface area contributed by atoms with E-state index >= 15 is 0 Å². The van der Waals surface area contributed by atoms with Gasteiger partial charge in [-0.3, -0.25) is 4.90 Å². The van der Waals surface area contributed by atoms with Gasteiger partial charge < -0.3 is 25.7 Å². The lowest BCUT2D eigenvalue weighted by Crippen LogP contribution is -2.74. The number of nitrogens with one attached hydrogen (secondary N) is 1. The van der Waals surface area contributed by atoms with Crippen molar-refractivity contribution in [1.29, 1.82) is 0 Å². The Kier molecular flexibility index (Phi) is 3.38. The van der Waals surface area contributed by atoms with Gasteiger partial charge in [0.25, 0.3) is 0 Å². The summed E-state index contributed by atoms with van der Waals surface area (Å²) >= 11 is 0. The molecule has 1 spiro atoms. The number of nitrogens with zero attached hydrogens (tertiary/aromatic N) is 1. The number of aliphatic hydroxyl groups is 1.